The first kappa shape index (κ1) is 15.2. The molecular formula is C14H14N2O4. The molecule has 6 heteroatoms. The number of rotatable bonds is 5. The maximum absolute atomic E-state index is 11.9. The number of carbonyl (C=O) groups is 3. The van der Waals surface area contributed by atoms with Crippen LogP contribution in [0.15, 0.2) is 24.3 Å². The van der Waals surface area contributed by atoms with Gasteiger partial charge in [0.2, 0.25) is 5.91 Å². The Labute approximate surface area is 116 Å². The second kappa shape index (κ2) is 6.95. The van der Waals surface area contributed by atoms with Crippen LogP contribution < -0.4 is 10.6 Å². The lowest BCUT2D eigenvalue weighted by Gasteiger charge is -2.12. The number of carboxylic acid groups (broad SMARTS) is 1. The van der Waals surface area contributed by atoms with Gasteiger partial charge in [-0.2, -0.15) is 0 Å². The summed E-state index contributed by atoms with van der Waals surface area (Å²) in [7, 11) is 0. The fourth-order valence-electron chi connectivity index (χ4n) is 1.50. The van der Waals surface area contributed by atoms with Gasteiger partial charge >= 0.3 is 5.97 Å². The average Bonchev–Trinajstić information content (AvgIpc) is 2.37. The third kappa shape index (κ3) is 4.46. The molecule has 0 radical (unpaired) electrons. The molecule has 0 saturated carbocycles. The van der Waals surface area contributed by atoms with Crippen LogP contribution in [0.3, 0.4) is 0 Å². The van der Waals surface area contributed by atoms with Gasteiger partial charge in [0.15, 0.2) is 0 Å². The van der Waals surface area contributed by atoms with E-state index in [1.165, 1.54) is 19.1 Å². The van der Waals surface area contributed by atoms with E-state index in [9.17, 15) is 14.4 Å². The maximum atomic E-state index is 11.9. The quantitative estimate of drug-likeness (QED) is 0.694. The van der Waals surface area contributed by atoms with Gasteiger partial charge in [0.05, 0.1) is 0 Å². The summed E-state index contributed by atoms with van der Waals surface area (Å²) in [6.45, 7) is 1.35. The third-order valence-corrected chi connectivity index (χ3v) is 2.37. The molecule has 1 aromatic carbocycles. The van der Waals surface area contributed by atoms with Crippen molar-refractivity contribution >= 4 is 23.5 Å². The smallest absolute Gasteiger partial charge is 0.327 e. The van der Waals surface area contributed by atoms with E-state index in [0.717, 1.165) is 0 Å². The minimum Gasteiger partial charge on any atom is -0.480 e. The number of aliphatic carboxylic acids is 1. The van der Waals surface area contributed by atoms with Gasteiger partial charge in [-0.1, -0.05) is 6.07 Å². The molecule has 0 spiro atoms. The van der Waals surface area contributed by atoms with Gasteiger partial charge in [-0.05, 0) is 18.2 Å². The summed E-state index contributed by atoms with van der Waals surface area (Å²) in [6.07, 6.45) is 4.94. The zero-order valence-electron chi connectivity index (χ0n) is 10.8. The highest BCUT2D eigenvalue weighted by Gasteiger charge is 2.19. The number of amides is 2. The predicted molar refractivity (Wildman–Crippen MR) is 73.1 cm³/mol. The number of anilines is 1. The Balaban J connectivity index is 2.84. The normalized spacial score (nSPS) is 11.0. The van der Waals surface area contributed by atoms with Gasteiger partial charge in [-0.15, -0.1) is 12.3 Å². The maximum Gasteiger partial charge on any atom is 0.327 e. The fraction of sp³-hybridized carbons (Fsp3) is 0.214. The standard InChI is InChI=1S/C14H14N2O4/c1-3-5-12(14(19)20)16-13(18)10-6-4-7-11(8-10)15-9(2)17/h1,4,6-8,12H,5H2,2H3,(H,15,17)(H,16,18)(H,19,20)/t12-/m0/s1. The molecule has 0 aliphatic carbocycles. The summed E-state index contributed by atoms with van der Waals surface area (Å²) >= 11 is 0. The first-order valence-corrected chi connectivity index (χ1v) is 5.79. The van der Waals surface area contributed by atoms with E-state index in [0.29, 0.717) is 5.69 Å². The highest BCUT2D eigenvalue weighted by Crippen LogP contribution is 2.11. The monoisotopic (exact) mass is 274 g/mol. The Kier molecular flexibility index (Phi) is 5.30. The van der Waals surface area contributed by atoms with Gasteiger partial charge in [-0.25, -0.2) is 4.79 Å². The van der Waals surface area contributed by atoms with Crippen LogP contribution >= 0.6 is 0 Å². The van der Waals surface area contributed by atoms with Crippen molar-refractivity contribution < 1.29 is 19.5 Å². The number of hydrogen-bond donors (Lipinski definition) is 3. The summed E-state index contributed by atoms with van der Waals surface area (Å²) in [5.41, 5.74) is 0.688. The lowest BCUT2D eigenvalue weighted by atomic mass is 10.1. The molecule has 6 nitrogen and oxygen atoms in total. The van der Waals surface area contributed by atoms with E-state index in [1.807, 2.05) is 0 Å². The van der Waals surface area contributed by atoms with Crippen LogP contribution in [0, 0.1) is 12.3 Å². The van der Waals surface area contributed by atoms with Crippen LogP contribution in [0.5, 0.6) is 0 Å². The summed E-state index contributed by atoms with van der Waals surface area (Å²) in [6, 6.07) is 5.02. The van der Waals surface area contributed by atoms with Crippen molar-refractivity contribution in [3.63, 3.8) is 0 Å². The van der Waals surface area contributed by atoms with E-state index in [-0.39, 0.29) is 17.9 Å². The van der Waals surface area contributed by atoms with Crippen molar-refractivity contribution in [2.75, 3.05) is 5.32 Å². The topological polar surface area (TPSA) is 95.5 Å². The lowest BCUT2D eigenvalue weighted by Crippen LogP contribution is -2.40. The Morgan fingerprint density at radius 3 is 2.65 bits per heavy atom. The molecular weight excluding hydrogens is 260 g/mol. The van der Waals surface area contributed by atoms with Crippen molar-refractivity contribution in [2.45, 2.75) is 19.4 Å². The van der Waals surface area contributed by atoms with E-state index in [2.05, 4.69) is 16.6 Å². The fourth-order valence-corrected chi connectivity index (χ4v) is 1.50. The van der Waals surface area contributed by atoms with Gasteiger partial charge in [-0.3, -0.25) is 9.59 Å². The lowest BCUT2D eigenvalue weighted by molar-refractivity contribution is -0.139. The van der Waals surface area contributed by atoms with Crippen molar-refractivity contribution in [1.82, 2.24) is 5.32 Å². The van der Waals surface area contributed by atoms with Gasteiger partial charge in [0.25, 0.3) is 5.91 Å². The molecule has 0 heterocycles. The molecule has 0 aliphatic heterocycles. The number of terminal acetylenes is 1. The molecule has 0 aromatic heterocycles. The Morgan fingerprint density at radius 1 is 1.40 bits per heavy atom. The molecule has 104 valence electrons. The summed E-state index contributed by atoms with van der Waals surface area (Å²) in [5.74, 6) is 0.156. The minimum absolute atomic E-state index is 0.105. The predicted octanol–water partition coefficient (Wildman–Crippen LogP) is 0.851. The molecule has 0 aliphatic rings. The van der Waals surface area contributed by atoms with Crippen LogP contribution in [-0.4, -0.2) is 28.9 Å². The molecule has 1 aromatic rings. The number of benzene rings is 1. The summed E-state index contributed by atoms with van der Waals surface area (Å²) < 4.78 is 0. The molecule has 0 unspecified atom stereocenters. The molecule has 0 saturated heterocycles. The SMILES string of the molecule is C#CC[C@H](NC(=O)c1cccc(NC(C)=O)c1)C(=O)O. The van der Waals surface area contributed by atoms with Crippen molar-refractivity contribution in [1.29, 1.82) is 0 Å². The summed E-state index contributed by atoms with van der Waals surface area (Å²) in [5, 5.41) is 13.8. The van der Waals surface area contributed by atoms with E-state index < -0.39 is 17.9 Å². The van der Waals surface area contributed by atoms with Gasteiger partial charge in [0, 0.05) is 24.6 Å². The first-order chi connectivity index (χ1) is 9.43. The molecule has 3 N–H and O–H groups in total. The van der Waals surface area contributed by atoms with Crippen LogP contribution in [0.25, 0.3) is 0 Å². The van der Waals surface area contributed by atoms with Crippen LogP contribution in [0.4, 0.5) is 5.69 Å². The molecule has 0 bridgehead atoms. The zero-order valence-corrected chi connectivity index (χ0v) is 10.8. The van der Waals surface area contributed by atoms with Crippen molar-refractivity contribution in [3.8, 4) is 12.3 Å². The minimum atomic E-state index is -1.20. The van der Waals surface area contributed by atoms with Crippen molar-refractivity contribution in [2.24, 2.45) is 0 Å². The summed E-state index contributed by atoms with van der Waals surface area (Å²) in [4.78, 5) is 33.8. The second-order valence-electron chi connectivity index (χ2n) is 4.03. The molecule has 2 amide bonds. The van der Waals surface area contributed by atoms with Crippen LogP contribution in [-0.2, 0) is 9.59 Å². The van der Waals surface area contributed by atoms with E-state index >= 15 is 0 Å². The average molecular weight is 274 g/mol. The Bertz CT molecular complexity index is 575. The van der Waals surface area contributed by atoms with Crippen LogP contribution in [0.2, 0.25) is 0 Å². The van der Waals surface area contributed by atoms with Crippen molar-refractivity contribution in [3.05, 3.63) is 29.8 Å². The number of nitrogens with one attached hydrogen (secondary N) is 2. The van der Waals surface area contributed by atoms with E-state index in [4.69, 9.17) is 11.5 Å². The molecule has 20 heavy (non-hydrogen) atoms. The highest BCUT2D eigenvalue weighted by molar-refractivity contribution is 5.98. The van der Waals surface area contributed by atoms with Gasteiger partial charge in [0.1, 0.15) is 6.04 Å². The number of carboxylic acids is 1. The zero-order chi connectivity index (χ0) is 15.1. The largest absolute Gasteiger partial charge is 0.480 e. The Hall–Kier alpha value is -2.81. The number of hydrogen-bond acceptors (Lipinski definition) is 3. The number of carbonyl (C=O) groups excluding carboxylic acids is 2. The highest BCUT2D eigenvalue weighted by atomic mass is 16.4. The molecule has 1 rings (SSSR count). The molecule has 1 atom stereocenters. The van der Waals surface area contributed by atoms with Gasteiger partial charge < -0.3 is 15.7 Å². The van der Waals surface area contributed by atoms with E-state index in [1.54, 1.807) is 12.1 Å². The Morgan fingerprint density at radius 2 is 2.10 bits per heavy atom. The van der Waals surface area contributed by atoms with Crippen LogP contribution in [0.1, 0.15) is 23.7 Å². The third-order valence-electron chi connectivity index (χ3n) is 2.37. The second-order valence-corrected chi connectivity index (χ2v) is 4.03. The molecule has 0 fully saturated rings. The first-order valence-electron chi connectivity index (χ1n) is 5.79.